The van der Waals surface area contributed by atoms with E-state index in [1.165, 1.54) is 4.90 Å². The number of rotatable bonds is 21. The van der Waals surface area contributed by atoms with Crippen molar-refractivity contribution in [3.05, 3.63) is 107 Å². The molecule has 0 radical (unpaired) electrons. The monoisotopic (exact) mass is 855 g/mol. The number of sulfonamides is 1. The fourth-order valence-corrected chi connectivity index (χ4v) is 7.56. The number of amides is 4. The van der Waals surface area contributed by atoms with Crippen LogP contribution >= 0.6 is 11.6 Å². The van der Waals surface area contributed by atoms with Gasteiger partial charge in [-0.1, -0.05) is 84.4 Å². The van der Waals surface area contributed by atoms with E-state index < -0.39 is 69.8 Å². The summed E-state index contributed by atoms with van der Waals surface area (Å²) in [5, 5.41) is 20.2. The van der Waals surface area contributed by atoms with Gasteiger partial charge in [-0.05, 0) is 88.1 Å². The van der Waals surface area contributed by atoms with Crippen LogP contribution in [0.15, 0.2) is 84.9 Å². The van der Waals surface area contributed by atoms with E-state index in [4.69, 9.17) is 21.1 Å². The Kier molecular flexibility index (Phi) is 18.2. The van der Waals surface area contributed by atoms with Crippen molar-refractivity contribution in [1.82, 2.24) is 25.6 Å². The predicted molar refractivity (Wildman–Crippen MR) is 226 cm³/mol. The Morgan fingerprint density at radius 1 is 0.847 bits per heavy atom. The number of aryl methyl sites for hydroxylation is 1. The third-order valence-electron chi connectivity index (χ3n) is 9.61. The maximum atomic E-state index is 14.4. The summed E-state index contributed by atoms with van der Waals surface area (Å²) in [5.41, 5.74) is 2.05. The number of halogens is 1. The molecule has 1 heterocycles. The van der Waals surface area contributed by atoms with Crippen molar-refractivity contribution in [2.24, 2.45) is 0 Å². The number of carbonyl (C=O) groups is 4. The van der Waals surface area contributed by atoms with Crippen LogP contribution in [-0.4, -0.2) is 104 Å². The van der Waals surface area contributed by atoms with E-state index in [1.54, 1.807) is 45.0 Å². The second-order valence-corrected chi connectivity index (χ2v) is 18.0. The van der Waals surface area contributed by atoms with Crippen molar-refractivity contribution in [2.45, 2.75) is 108 Å². The summed E-state index contributed by atoms with van der Waals surface area (Å²) in [6.45, 7) is 5.92. The number of unbranched alkanes of at least 4 members (excludes halogenated alkanes) is 1. The first kappa shape index (κ1) is 47.1. The predicted octanol–water partition coefficient (Wildman–Crippen LogP) is 4.28. The normalized spacial score (nSPS) is 17.1. The smallest absolute Gasteiger partial charge is 0.407 e. The topological polar surface area (TPSA) is 192 Å². The van der Waals surface area contributed by atoms with E-state index >= 15 is 0 Å². The van der Waals surface area contributed by atoms with Crippen molar-refractivity contribution in [3.8, 4) is 0 Å². The van der Waals surface area contributed by atoms with Crippen LogP contribution in [0.1, 0.15) is 69.6 Å². The van der Waals surface area contributed by atoms with E-state index in [0.717, 1.165) is 22.9 Å². The van der Waals surface area contributed by atoms with Crippen molar-refractivity contribution in [1.29, 1.82) is 0 Å². The summed E-state index contributed by atoms with van der Waals surface area (Å²) < 4.78 is 39.0. The standard InChI is InChI=1S/C43H58ClN5O9S/c1-43(2,3)58-42(54)46-25-12-11-17-35(38(50)40(52)45-26-24-31-15-9-6-10-16-31)47-39(51)37-27-34(57-29-32-18-21-33(44)22-19-32)28-49(37)41(53)36(48-59(4,55)56)23-20-30-13-7-5-8-14-30/h5-10,13-16,18-19,21-22,34-38,48,50H,11-12,17,20,23-29H2,1-4H3,(H,45,52)(H,46,54)(H,47,51)/t34-,35+,36-,37+,38?/m1/s1. The van der Waals surface area contributed by atoms with Crippen LogP contribution in [-0.2, 0) is 53.3 Å². The van der Waals surface area contributed by atoms with E-state index in [1.807, 2.05) is 60.7 Å². The third-order valence-corrected chi connectivity index (χ3v) is 10.6. The first-order valence-corrected chi connectivity index (χ1v) is 22.2. The molecule has 0 aromatic heterocycles. The number of carbonyl (C=O) groups excluding carboxylic acids is 4. The highest BCUT2D eigenvalue weighted by atomic mass is 35.5. The van der Waals surface area contributed by atoms with Crippen LogP contribution in [0.3, 0.4) is 0 Å². The number of likely N-dealkylation sites (tertiary alicyclic amines) is 1. The highest BCUT2D eigenvalue weighted by Gasteiger charge is 2.44. The summed E-state index contributed by atoms with van der Waals surface area (Å²) in [5.74, 6) is -1.92. The van der Waals surface area contributed by atoms with Gasteiger partial charge in [-0.15, -0.1) is 0 Å². The Hall–Kier alpha value is -4.54. The Morgan fingerprint density at radius 2 is 1.47 bits per heavy atom. The summed E-state index contributed by atoms with van der Waals surface area (Å²) in [6.07, 6.45) is 0.241. The summed E-state index contributed by atoms with van der Waals surface area (Å²) in [4.78, 5) is 55.5. The molecule has 1 aliphatic rings. The Morgan fingerprint density at radius 3 is 2.08 bits per heavy atom. The Bertz CT molecular complexity index is 1910. The zero-order chi connectivity index (χ0) is 43.0. The quantitative estimate of drug-likeness (QED) is 0.0974. The van der Waals surface area contributed by atoms with Crippen LogP contribution in [0.4, 0.5) is 4.79 Å². The highest BCUT2D eigenvalue weighted by Crippen LogP contribution is 2.25. The van der Waals surface area contributed by atoms with Gasteiger partial charge in [-0.25, -0.2) is 17.9 Å². The first-order chi connectivity index (χ1) is 28.0. The molecule has 5 N–H and O–H groups in total. The fraction of sp³-hybridized carbons (Fsp3) is 0.488. The molecule has 1 aliphatic heterocycles. The number of nitrogens with zero attached hydrogens (tertiary/aromatic N) is 1. The van der Waals surface area contributed by atoms with Gasteiger partial charge in [0.25, 0.3) is 5.91 Å². The number of benzene rings is 3. The van der Waals surface area contributed by atoms with E-state index in [9.17, 15) is 32.7 Å². The molecule has 0 bridgehead atoms. The van der Waals surface area contributed by atoms with Crippen LogP contribution in [0.2, 0.25) is 5.02 Å². The molecule has 0 saturated carbocycles. The molecular weight excluding hydrogens is 798 g/mol. The molecule has 322 valence electrons. The number of hydrogen-bond acceptors (Lipinski definition) is 9. The molecule has 1 fully saturated rings. The molecular formula is C43H58ClN5O9S. The summed E-state index contributed by atoms with van der Waals surface area (Å²) >= 11 is 6.06. The van der Waals surface area contributed by atoms with Gasteiger partial charge in [0.05, 0.1) is 25.0 Å². The van der Waals surface area contributed by atoms with Crippen LogP contribution in [0.5, 0.6) is 0 Å². The molecule has 5 atom stereocenters. The number of aliphatic hydroxyl groups excluding tert-OH is 1. The minimum absolute atomic E-state index is 0.0126. The molecule has 3 aromatic carbocycles. The minimum atomic E-state index is -3.85. The van der Waals surface area contributed by atoms with Crippen molar-refractivity contribution in [3.63, 3.8) is 0 Å². The van der Waals surface area contributed by atoms with Gasteiger partial charge in [-0.2, -0.15) is 0 Å². The van der Waals surface area contributed by atoms with Gasteiger partial charge in [0, 0.05) is 31.1 Å². The molecule has 4 rings (SSSR count). The minimum Gasteiger partial charge on any atom is -0.444 e. The van der Waals surface area contributed by atoms with E-state index in [2.05, 4.69) is 20.7 Å². The lowest BCUT2D eigenvalue weighted by Gasteiger charge is -2.30. The molecule has 16 heteroatoms. The molecule has 1 saturated heterocycles. The average molecular weight is 856 g/mol. The van der Waals surface area contributed by atoms with E-state index in [0.29, 0.717) is 30.7 Å². The number of aliphatic hydroxyl groups is 1. The maximum Gasteiger partial charge on any atom is 0.407 e. The lowest BCUT2D eigenvalue weighted by atomic mass is 10.0. The van der Waals surface area contributed by atoms with E-state index in [-0.39, 0.29) is 45.5 Å². The van der Waals surface area contributed by atoms with Gasteiger partial charge in [0.2, 0.25) is 21.8 Å². The second kappa shape index (κ2) is 22.7. The fourth-order valence-electron chi connectivity index (χ4n) is 6.70. The number of hydrogen-bond donors (Lipinski definition) is 5. The van der Waals surface area contributed by atoms with Crippen molar-refractivity contribution >= 4 is 45.4 Å². The summed E-state index contributed by atoms with van der Waals surface area (Å²) in [7, 11) is -3.85. The van der Waals surface area contributed by atoms with Gasteiger partial charge in [-0.3, -0.25) is 14.4 Å². The number of alkyl carbamates (subject to hydrolysis) is 1. The van der Waals surface area contributed by atoms with Gasteiger partial charge in [0.15, 0.2) is 6.10 Å². The molecule has 1 unspecified atom stereocenters. The molecule has 14 nitrogen and oxygen atoms in total. The third kappa shape index (κ3) is 16.9. The van der Waals surface area contributed by atoms with Crippen LogP contribution in [0, 0.1) is 0 Å². The Balaban J connectivity index is 1.52. The largest absolute Gasteiger partial charge is 0.444 e. The molecule has 3 aromatic rings. The number of nitrogens with one attached hydrogen (secondary N) is 4. The van der Waals surface area contributed by atoms with Crippen molar-refractivity contribution in [2.75, 3.05) is 25.9 Å². The average Bonchev–Trinajstić information content (AvgIpc) is 3.62. The van der Waals surface area contributed by atoms with Crippen LogP contribution < -0.4 is 20.7 Å². The lowest BCUT2D eigenvalue weighted by molar-refractivity contribution is -0.141. The maximum absolute atomic E-state index is 14.4. The molecule has 59 heavy (non-hydrogen) atoms. The summed E-state index contributed by atoms with van der Waals surface area (Å²) in [6, 6.07) is 22.5. The molecule has 4 amide bonds. The van der Waals surface area contributed by atoms with Crippen LogP contribution in [0.25, 0.3) is 0 Å². The van der Waals surface area contributed by atoms with Crippen molar-refractivity contribution < 1.29 is 42.2 Å². The first-order valence-electron chi connectivity index (χ1n) is 19.9. The van der Waals surface area contributed by atoms with Gasteiger partial charge < -0.3 is 35.4 Å². The zero-order valence-electron chi connectivity index (χ0n) is 34.2. The second-order valence-electron chi connectivity index (χ2n) is 15.8. The van der Waals surface area contributed by atoms with Gasteiger partial charge >= 0.3 is 6.09 Å². The highest BCUT2D eigenvalue weighted by molar-refractivity contribution is 7.88. The van der Waals surface area contributed by atoms with Gasteiger partial charge in [0.1, 0.15) is 17.7 Å². The molecule has 0 aliphatic carbocycles. The number of ether oxygens (including phenoxy) is 2. The zero-order valence-corrected chi connectivity index (χ0v) is 35.8. The Labute approximate surface area is 352 Å². The lowest BCUT2D eigenvalue weighted by Crippen LogP contribution is -2.57. The SMILES string of the molecule is CC(C)(C)OC(=O)NCCCC[C@H](NC(=O)[C@@H]1C[C@@H](OCc2ccc(Cl)cc2)CN1C(=O)[C@@H](CCc1ccccc1)NS(C)(=O)=O)C(O)C(=O)NCCc1ccccc1. The molecule has 0 spiro atoms.